The van der Waals surface area contributed by atoms with Crippen molar-refractivity contribution in [2.24, 2.45) is 0 Å². The second kappa shape index (κ2) is 5.26. The second-order valence-electron chi connectivity index (χ2n) is 3.37. The van der Waals surface area contributed by atoms with Crippen LogP contribution in [0, 0.1) is 0 Å². The molecule has 0 unspecified atom stereocenters. The molecule has 0 aliphatic carbocycles. The van der Waals surface area contributed by atoms with Gasteiger partial charge in [0.2, 0.25) is 3.79 Å². The quantitative estimate of drug-likeness (QED) is 0.798. The number of ether oxygens (including phenoxy) is 1. The first-order valence-electron chi connectivity index (χ1n) is 4.90. The number of hydrogen-bond donors (Lipinski definition) is 0. The summed E-state index contributed by atoms with van der Waals surface area (Å²) in [6.07, 6.45) is 2.81. The fraction of sp³-hybridized carbons (Fsp3) is 0.182. The first-order valence-corrected chi connectivity index (χ1v) is 6.03. The van der Waals surface area contributed by atoms with Gasteiger partial charge in [-0.1, -0.05) is 40.9 Å². The van der Waals surface area contributed by atoms with Crippen LogP contribution < -0.4 is 4.74 Å². The molecule has 0 fully saturated rings. The molecule has 0 aliphatic heterocycles. The van der Waals surface area contributed by atoms with Gasteiger partial charge >= 0.3 is 0 Å². The Bertz CT molecular complexity index is 543. The van der Waals surface area contributed by atoms with Gasteiger partial charge in [-0.2, -0.15) is 0 Å². The second-order valence-corrected chi connectivity index (χ2v) is 5.66. The van der Waals surface area contributed by atoms with Gasteiger partial charge in [0, 0.05) is 5.56 Å². The molecule has 1 aromatic heterocycles. The summed E-state index contributed by atoms with van der Waals surface area (Å²) in [5.41, 5.74) is 1.22. The van der Waals surface area contributed by atoms with E-state index < -0.39 is 3.79 Å². The Labute approximate surface area is 119 Å². The summed E-state index contributed by atoms with van der Waals surface area (Å²) >= 11 is 17.5. The lowest BCUT2D eigenvalue weighted by Gasteiger charge is -2.14. The lowest BCUT2D eigenvalue weighted by molar-refractivity contribution is 0.415. The normalized spacial score (nSPS) is 11.3. The molecule has 2 aromatic rings. The highest BCUT2D eigenvalue weighted by Gasteiger charge is 2.24. The first kappa shape index (κ1) is 13.3. The minimum Gasteiger partial charge on any atom is -0.496 e. The van der Waals surface area contributed by atoms with Crippen molar-refractivity contribution in [1.29, 1.82) is 0 Å². The average Bonchev–Trinajstić information content (AvgIpc) is 2.38. The Balaban J connectivity index is 2.51. The monoisotopic (exact) mass is 303 g/mol. The molecule has 1 heterocycles. The zero-order chi connectivity index (χ0) is 13.2. The number of methoxy groups -OCH3 is 1. The van der Waals surface area contributed by atoms with Gasteiger partial charge in [-0.3, -0.25) is 0 Å². The maximum Gasteiger partial charge on any atom is 0.216 e. The van der Waals surface area contributed by atoms with Gasteiger partial charge < -0.3 is 4.74 Å². The first-order chi connectivity index (χ1) is 8.52. The number of benzene rings is 1. The molecular weight excluding hydrogens is 296 g/mol. The Kier molecular flexibility index (Phi) is 3.90. The van der Waals surface area contributed by atoms with E-state index in [1.165, 1.54) is 19.8 Å². The van der Waals surface area contributed by atoms with Crippen molar-refractivity contribution >= 4 is 34.8 Å². The van der Waals surface area contributed by atoms with Gasteiger partial charge in [-0.25, -0.2) is 15.0 Å². The molecule has 0 saturated heterocycles. The summed E-state index contributed by atoms with van der Waals surface area (Å²) in [5, 5.41) is 0. The lowest BCUT2D eigenvalue weighted by Crippen LogP contribution is -2.02. The Morgan fingerprint density at radius 3 is 2.33 bits per heavy atom. The largest absolute Gasteiger partial charge is 0.496 e. The van der Waals surface area contributed by atoms with Crippen molar-refractivity contribution in [1.82, 2.24) is 15.0 Å². The van der Waals surface area contributed by atoms with Crippen molar-refractivity contribution in [3.05, 3.63) is 36.4 Å². The summed E-state index contributed by atoms with van der Waals surface area (Å²) in [4.78, 5) is 11.9. The third-order valence-corrected chi connectivity index (χ3v) is 2.92. The third-order valence-electron chi connectivity index (χ3n) is 2.26. The van der Waals surface area contributed by atoms with Gasteiger partial charge in [0.1, 0.15) is 18.4 Å². The summed E-state index contributed by atoms with van der Waals surface area (Å²) in [6.45, 7) is 0. The number of alkyl halides is 3. The summed E-state index contributed by atoms with van der Waals surface area (Å²) < 4.78 is 3.76. The van der Waals surface area contributed by atoms with Gasteiger partial charge in [-0.15, -0.1) is 0 Å². The zero-order valence-electron chi connectivity index (χ0n) is 9.27. The number of aromatic nitrogens is 3. The van der Waals surface area contributed by atoms with Gasteiger partial charge in [-0.05, 0) is 12.1 Å². The molecule has 7 heteroatoms. The molecule has 18 heavy (non-hydrogen) atoms. The average molecular weight is 305 g/mol. The minimum absolute atomic E-state index is 0.498. The van der Waals surface area contributed by atoms with Crippen LogP contribution >= 0.6 is 34.8 Å². The van der Waals surface area contributed by atoms with Gasteiger partial charge in [0.15, 0.2) is 5.82 Å². The van der Waals surface area contributed by atoms with Crippen molar-refractivity contribution in [2.45, 2.75) is 3.79 Å². The summed E-state index contributed by atoms with van der Waals surface area (Å²) in [5.74, 6) is 1.03. The van der Waals surface area contributed by atoms with E-state index in [4.69, 9.17) is 39.5 Å². The molecule has 0 aliphatic rings. The van der Waals surface area contributed by atoms with Crippen LogP contribution in [0.4, 0.5) is 0 Å². The van der Waals surface area contributed by atoms with E-state index in [2.05, 4.69) is 15.0 Å². The van der Waals surface area contributed by atoms with Crippen LogP contribution in [0.3, 0.4) is 0 Å². The van der Waals surface area contributed by atoms with Crippen LogP contribution in [0.2, 0.25) is 0 Å². The number of rotatable bonds is 2. The molecule has 94 valence electrons. The van der Waals surface area contributed by atoms with E-state index in [-0.39, 0.29) is 0 Å². The number of hydrogen-bond acceptors (Lipinski definition) is 4. The Morgan fingerprint density at radius 1 is 1.11 bits per heavy atom. The zero-order valence-corrected chi connectivity index (χ0v) is 11.5. The molecule has 0 atom stereocenters. The molecule has 0 saturated carbocycles. The van der Waals surface area contributed by atoms with Crippen molar-refractivity contribution in [3.8, 4) is 17.1 Å². The predicted molar refractivity (Wildman–Crippen MR) is 71.1 cm³/mol. The maximum absolute atomic E-state index is 5.82. The van der Waals surface area contributed by atoms with Crippen molar-refractivity contribution in [3.63, 3.8) is 0 Å². The van der Waals surface area contributed by atoms with Crippen LogP contribution in [0.15, 0.2) is 30.9 Å². The molecule has 0 N–H and O–H groups in total. The van der Waals surface area contributed by atoms with Crippen LogP contribution in [0.5, 0.6) is 5.75 Å². The van der Waals surface area contributed by atoms with Crippen LogP contribution in [-0.4, -0.2) is 22.1 Å². The predicted octanol–water partition coefficient (Wildman–Crippen LogP) is 3.37. The standard InChI is InChI=1S/C11H8Cl3N3O/c1-18-9-4-7(11(12,13)14)2-3-8(9)10-16-5-15-6-17-10/h2-6H,1H3. The topological polar surface area (TPSA) is 47.9 Å². The SMILES string of the molecule is COc1cc(C(Cl)(Cl)Cl)ccc1-c1ncncn1. The van der Waals surface area contributed by atoms with E-state index in [9.17, 15) is 0 Å². The summed E-state index contributed by atoms with van der Waals surface area (Å²) in [6, 6.07) is 5.08. The van der Waals surface area contributed by atoms with Crippen LogP contribution in [0.25, 0.3) is 11.4 Å². The van der Waals surface area contributed by atoms with E-state index in [0.29, 0.717) is 22.7 Å². The molecule has 0 radical (unpaired) electrons. The fourth-order valence-electron chi connectivity index (χ4n) is 1.43. The molecule has 4 nitrogen and oxygen atoms in total. The highest BCUT2D eigenvalue weighted by molar-refractivity contribution is 6.66. The highest BCUT2D eigenvalue weighted by atomic mass is 35.6. The maximum atomic E-state index is 5.82. The highest BCUT2D eigenvalue weighted by Crippen LogP contribution is 2.41. The number of halogens is 3. The van der Waals surface area contributed by atoms with Gasteiger partial charge in [0.25, 0.3) is 0 Å². The smallest absolute Gasteiger partial charge is 0.216 e. The van der Waals surface area contributed by atoms with Crippen LogP contribution in [-0.2, 0) is 3.79 Å². The van der Waals surface area contributed by atoms with E-state index >= 15 is 0 Å². The summed E-state index contributed by atoms with van der Waals surface area (Å²) in [7, 11) is 1.53. The minimum atomic E-state index is -1.50. The Morgan fingerprint density at radius 2 is 1.78 bits per heavy atom. The molecule has 0 spiro atoms. The molecule has 1 aromatic carbocycles. The van der Waals surface area contributed by atoms with Crippen molar-refractivity contribution < 1.29 is 4.74 Å². The van der Waals surface area contributed by atoms with E-state index in [0.717, 1.165) is 0 Å². The Hall–Kier alpha value is -1.10. The fourth-order valence-corrected chi connectivity index (χ4v) is 1.78. The van der Waals surface area contributed by atoms with E-state index in [1.54, 1.807) is 18.2 Å². The van der Waals surface area contributed by atoms with Crippen molar-refractivity contribution in [2.75, 3.05) is 7.11 Å². The van der Waals surface area contributed by atoms with Crippen LogP contribution in [0.1, 0.15) is 5.56 Å². The third kappa shape index (κ3) is 2.83. The molecular formula is C11H8Cl3N3O. The molecule has 2 rings (SSSR count). The van der Waals surface area contributed by atoms with E-state index in [1.807, 2.05) is 0 Å². The number of nitrogens with zero attached hydrogens (tertiary/aromatic N) is 3. The molecule has 0 amide bonds. The van der Waals surface area contributed by atoms with Gasteiger partial charge in [0.05, 0.1) is 12.7 Å². The lowest BCUT2D eigenvalue weighted by atomic mass is 10.1. The molecule has 0 bridgehead atoms.